The van der Waals surface area contributed by atoms with Crippen molar-refractivity contribution in [3.8, 4) is 17.1 Å². The number of rotatable bonds is 3. The molecule has 0 saturated carbocycles. The van der Waals surface area contributed by atoms with E-state index in [1.54, 1.807) is 6.07 Å². The third kappa shape index (κ3) is 2.74. The first-order valence-electron chi connectivity index (χ1n) is 7.79. The number of H-pyrrole nitrogens is 1. The van der Waals surface area contributed by atoms with Crippen LogP contribution in [-0.4, -0.2) is 25.4 Å². The quantitative estimate of drug-likeness (QED) is 0.579. The Morgan fingerprint density at radius 2 is 1.74 bits per heavy atom. The number of nitrogens with one attached hydrogen (secondary N) is 1. The van der Waals surface area contributed by atoms with E-state index in [0.717, 1.165) is 4.57 Å². The Bertz CT molecular complexity index is 1250. The first-order chi connectivity index (χ1) is 13.0. The van der Waals surface area contributed by atoms with E-state index in [1.807, 2.05) is 0 Å². The Hall–Kier alpha value is -3.88. The third-order valence-corrected chi connectivity index (χ3v) is 3.97. The van der Waals surface area contributed by atoms with Crippen molar-refractivity contribution in [2.45, 2.75) is 0 Å². The smallest absolute Gasteiger partial charge is 0.332 e. The molecule has 4 rings (SSSR count). The fraction of sp³-hybridized carbons (Fsp3) is 0. The number of hydrogen-bond acceptors (Lipinski definition) is 4. The molecule has 0 spiro atoms. The van der Waals surface area contributed by atoms with Gasteiger partial charge in [-0.1, -0.05) is 12.1 Å². The minimum Gasteiger partial charge on any atom is -0.364 e. The molecule has 1 amide bonds. The molecular weight excluding hydrogens is 356 g/mol. The molecule has 0 unspecified atom stereocenters. The number of aromatic nitrogens is 4. The highest BCUT2D eigenvalue weighted by atomic mass is 19.1. The van der Waals surface area contributed by atoms with Gasteiger partial charge in [-0.25, -0.2) is 28.1 Å². The predicted octanol–water partition coefficient (Wildman–Crippen LogP) is 2.15. The van der Waals surface area contributed by atoms with E-state index in [-0.39, 0.29) is 28.2 Å². The van der Waals surface area contributed by atoms with Crippen molar-refractivity contribution in [3.63, 3.8) is 0 Å². The molecule has 2 aromatic heterocycles. The minimum atomic E-state index is -0.910. The fourth-order valence-electron chi connectivity index (χ4n) is 2.76. The number of nitrogens with zero attached hydrogens (tertiary/aromatic N) is 3. The molecule has 0 saturated heterocycles. The number of amides is 1. The van der Waals surface area contributed by atoms with Crippen molar-refractivity contribution in [1.82, 2.24) is 19.5 Å². The summed E-state index contributed by atoms with van der Waals surface area (Å²) in [4.78, 5) is 35.0. The minimum absolute atomic E-state index is 0.0110. The van der Waals surface area contributed by atoms with Gasteiger partial charge < -0.3 is 10.7 Å². The van der Waals surface area contributed by atoms with Crippen molar-refractivity contribution in [3.05, 3.63) is 76.3 Å². The maximum absolute atomic E-state index is 14.2. The molecule has 3 N–H and O–H groups in total. The summed E-state index contributed by atoms with van der Waals surface area (Å²) in [6.07, 6.45) is 0. The summed E-state index contributed by atoms with van der Waals surface area (Å²) in [7, 11) is 0. The summed E-state index contributed by atoms with van der Waals surface area (Å²) >= 11 is 0. The average Bonchev–Trinajstić information content (AvgIpc) is 2.97. The molecule has 7 nitrogen and oxygen atoms in total. The van der Waals surface area contributed by atoms with Gasteiger partial charge in [-0.2, -0.15) is 0 Å². The fourth-order valence-corrected chi connectivity index (χ4v) is 2.76. The topological polar surface area (TPSA) is 107 Å². The van der Waals surface area contributed by atoms with Crippen molar-refractivity contribution in [1.29, 1.82) is 0 Å². The van der Waals surface area contributed by atoms with Gasteiger partial charge in [0.05, 0.1) is 11.3 Å². The summed E-state index contributed by atoms with van der Waals surface area (Å²) in [5.41, 5.74) is 4.88. The molecule has 0 atom stereocenters. The van der Waals surface area contributed by atoms with Gasteiger partial charge >= 0.3 is 5.69 Å². The van der Waals surface area contributed by atoms with Gasteiger partial charge in [0.15, 0.2) is 17.2 Å². The van der Waals surface area contributed by atoms with Crippen LogP contribution in [0.25, 0.3) is 28.2 Å². The van der Waals surface area contributed by atoms with E-state index in [4.69, 9.17) is 5.73 Å². The van der Waals surface area contributed by atoms with E-state index in [0.29, 0.717) is 5.69 Å². The Balaban J connectivity index is 2.08. The van der Waals surface area contributed by atoms with E-state index < -0.39 is 23.2 Å². The van der Waals surface area contributed by atoms with E-state index in [9.17, 15) is 18.4 Å². The van der Waals surface area contributed by atoms with Gasteiger partial charge in [-0.3, -0.25) is 4.79 Å². The Morgan fingerprint density at radius 1 is 1.04 bits per heavy atom. The van der Waals surface area contributed by atoms with E-state index in [1.165, 1.54) is 42.5 Å². The van der Waals surface area contributed by atoms with Crippen LogP contribution in [0.2, 0.25) is 0 Å². The zero-order chi connectivity index (χ0) is 19.1. The lowest BCUT2D eigenvalue weighted by Crippen LogP contribution is -2.15. The van der Waals surface area contributed by atoms with Crippen LogP contribution in [0.15, 0.2) is 53.3 Å². The number of carbonyl (C=O) groups excluding carboxylic acids is 1. The molecule has 0 fully saturated rings. The first kappa shape index (κ1) is 16.6. The summed E-state index contributed by atoms with van der Waals surface area (Å²) < 4.78 is 28.5. The standard InChI is InChI=1S/C18H11F2N5O2/c19-9-5-7-10(8-6-9)25-17-14(23-18(25)27)13(15(21)26)22-16(24-17)11-3-1-2-4-12(11)20/h1-8H,(H2,21,26)(H,23,27). The molecule has 27 heavy (non-hydrogen) atoms. The van der Waals surface area contributed by atoms with E-state index in [2.05, 4.69) is 15.0 Å². The van der Waals surface area contributed by atoms with Crippen molar-refractivity contribution in [2.24, 2.45) is 5.73 Å². The maximum atomic E-state index is 14.2. The lowest BCUT2D eigenvalue weighted by molar-refractivity contribution is 0.0997. The van der Waals surface area contributed by atoms with Crippen LogP contribution in [-0.2, 0) is 0 Å². The number of carbonyl (C=O) groups is 1. The molecule has 2 aromatic carbocycles. The van der Waals surface area contributed by atoms with Crippen LogP contribution in [0, 0.1) is 11.6 Å². The number of imidazole rings is 1. The highest BCUT2D eigenvalue weighted by molar-refractivity contribution is 6.02. The number of aromatic amines is 1. The Labute approximate surface area is 150 Å². The molecule has 9 heteroatoms. The second-order valence-electron chi connectivity index (χ2n) is 5.68. The zero-order valence-corrected chi connectivity index (χ0v) is 13.6. The number of nitrogens with two attached hydrogens (primary N) is 1. The first-order valence-corrected chi connectivity index (χ1v) is 7.79. The lowest BCUT2D eigenvalue weighted by Gasteiger charge is -2.07. The molecule has 0 radical (unpaired) electrons. The molecule has 0 aliphatic carbocycles. The van der Waals surface area contributed by atoms with Crippen molar-refractivity contribution < 1.29 is 13.6 Å². The maximum Gasteiger partial charge on any atom is 0.332 e. The zero-order valence-electron chi connectivity index (χ0n) is 13.6. The molecule has 0 aliphatic heterocycles. The SMILES string of the molecule is NC(=O)c1nc(-c2ccccc2F)nc2c1[nH]c(=O)n2-c1ccc(F)cc1. The largest absolute Gasteiger partial charge is 0.364 e. The molecule has 4 aromatic rings. The number of fused-ring (bicyclic) bond motifs is 1. The average molecular weight is 367 g/mol. The monoisotopic (exact) mass is 367 g/mol. The highest BCUT2D eigenvalue weighted by Gasteiger charge is 2.21. The van der Waals surface area contributed by atoms with Gasteiger partial charge in [-0.05, 0) is 36.4 Å². The lowest BCUT2D eigenvalue weighted by atomic mass is 10.2. The molecule has 0 aliphatic rings. The summed E-state index contributed by atoms with van der Waals surface area (Å²) in [6.45, 7) is 0. The predicted molar refractivity (Wildman–Crippen MR) is 93.4 cm³/mol. The van der Waals surface area contributed by atoms with Crippen LogP contribution in [0.3, 0.4) is 0 Å². The normalized spacial score (nSPS) is 11.0. The van der Waals surface area contributed by atoms with Crippen LogP contribution >= 0.6 is 0 Å². The van der Waals surface area contributed by atoms with Crippen molar-refractivity contribution in [2.75, 3.05) is 0 Å². The molecule has 0 bridgehead atoms. The van der Waals surface area contributed by atoms with Crippen LogP contribution in [0.1, 0.15) is 10.5 Å². The van der Waals surface area contributed by atoms with Crippen LogP contribution in [0.4, 0.5) is 8.78 Å². The van der Waals surface area contributed by atoms with Gasteiger partial charge in [0.2, 0.25) is 0 Å². The number of halogens is 2. The second-order valence-corrected chi connectivity index (χ2v) is 5.68. The van der Waals surface area contributed by atoms with Gasteiger partial charge in [0.1, 0.15) is 17.2 Å². The number of hydrogen-bond donors (Lipinski definition) is 2. The van der Waals surface area contributed by atoms with Crippen LogP contribution < -0.4 is 11.4 Å². The van der Waals surface area contributed by atoms with Gasteiger partial charge in [0.25, 0.3) is 5.91 Å². The Kier molecular flexibility index (Phi) is 3.76. The summed E-state index contributed by atoms with van der Waals surface area (Å²) in [5.74, 6) is -2.10. The number of benzene rings is 2. The molecule has 2 heterocycles. The third-order valence-electron chi connectivity index (χ3n) is 3.97. The summed E-state index contributed by atoms with van der Waals surface area (Å²) in [5, 5.41) is 0. The second kappa shape index (κ2) is 6.13. The molecular formula is C18H11F2N5O2. The van der Waals surface area contributed by atoms with Gasteiger partial charge in [-0.15, -0.1) is 0 Å². The molecule has 134 valence electrons. The number of primary amides is 1. The summed E-state index contributed by atoms with van der Waals surface area (Å²) in [6, 6.07) is 10.8. The van der Waals surface area contributed by atoms with Crippen LogP contribution in [0.5, 0.6) is 0 Å². The van der Waals surface area contributed by atoms with Gasteiger partial charge in [0, 0.05) is 0 Å². The highest BCUT2D eigenvalue weighted by Crippen LogP contribution is 2.23. The van der Waals surface area contributed by atoms with E-state index >= 15 is 0 Å². The van der Waals surface area contributed by atoms with Crippen molar-refractivity contribution >= 4 is 17.1 Å². The Morgan fingerprint density at radius 3 is 2.41 bits per heavy atom.